The van der Waals surface area contributed by atoms with Gasteiger partial charge in [0.15, 0.2) is 0 Å². The van der Waals surface area contributed by atoms with Gasteiger partial charge in [0.1, 0.15) is 5.69 Å². The molecule has 9 heteroatoms. The number of likely N-dealkylation sites (N-methyl/N-ethyl adjacent to an activating group) is 1. The van der Waals surface area contributed by atoms with Crippen molar-refractivity contribution < 1.29 is 9.72 Å². The third-order valence-electron chi connectivity index (χ3n) is 4.46. The van der Waals surface area contributed by atoms with Gasteiger partial charge >= 0.3 is 0 Å². The number of carbonyl (C=O) groups excluding carboxylic acids is 1. The molecule has 1 aliphatic heterocycles. The maximum Gasteiger partial charge on any atom is 0.294 e. The number of piperazine rings is 1. The van der Waals surface area contributed by atoms with Crippen molar-refractivity contribution in [1.29, 1.82) is 0 Å². The highest BCUT2D eigenvalue weighted by atomic mass is 35.5. The lowest BCUT2D eigenvalue weighted by Gasteiger charge is -2.33. The average Bonchev–Trinajstić information content (AvgIpc) is 2.64. The average molecular weight is 409 g/mol. The molecule has 1 fully saturated rings. The predicted octanol–water partition coefficient (Wildman–Crippen LogP) is 3.91. The number of hydrogen-bond acceptors (Lipinski definition) is 5. The van der Waals surface area contributed by atoms with Crippen LogP contribution in [0.5, 0.6) is 0 Å². The molecule has 1 aliphatic rings. The molecule has 7 nitrogen and oxygen atoms in total. The Morgan fingerprint density at radius 1 is 1.11 bits per heavy atom. The number of nitro groups is 1. The molecule has 1 saturated heterocycles. The van der Waals surface area contributed by atoms with Crippen molar-refractivity contribution in [2.45, 2.75) is 0 Å². The number of rotatable bonds is 4. The van der Waals surface area contributed by atoms with Gasteiger partial charge in [0.05, 0.1) is 15.6 Å². The highest BCUT2D eigenvalue weighted by molar-refractivity contribution is 6.34. The summed E-state index contributed by atoms with van der Waals surface area (Å²) in [5, 5.41) is 14.8. The van der Waals surface area contributed by atoms with E-state index in [1.165, 1.54) is 6.07 Å². The van der Waals surface area contributed by atoms with Crippen LogP contribution in [0.1, 0.15) is 10.4 Å². The number of nitrogens with zero attached hydrogens (tertiary/aromatic N) is 3. The van der Waals surface area contributed by atoms with Gasteiger partial charge in [-0.3, -0.25) is 14.9 Å². The summed E-state index contributed by atoms with van der Waals surface area (Å²) in [7, 11) is 2.01. The van der Waals surface area contributed by atoms with Crippen LogP contribution < -0.4 is 10.2 Å². The molecule has 1 amide bonds. The fourth-order valence-corrected chi connectivity index (χ4v) is 3.22. The van der Waals surface area contributed by atoms with E-state index in [0.29, 0.717) is 35.1 Å². The molecule has 142 valence electrons. The van der Waals surface area contributed by atoms with E-state index >= 15 is 0 Å². The SMILES string of the molecule is CN1CCN(c2cc(NC(=O)c3ccc(Cl)cc3)c(Cl)cc2[N+](=O)[O-])CC1. The maximum atomic E-state index is 12.5. The first kappa shape index (κ1) is 19.4. The molecule has 2 aromatic rings. The van der Waals surface area contributed by atoms with Crippen LogP contribution in [0.3, 0.4) is 0 Å². The number of benzene rings is 2. The van der Waals surface area contributed by atoms with Crippen LogP contribution in [0.4, 0.5) is 17.1 Å². The van der Waals surface area contributed by atoms with Crippen LogP contribution in [0.25, 0.3) is 0 Å². The van der Waals surface area contributed by atoms with Crippen LogP contribution >= 0.6 is 23.2 Å². The Bertz CT molecular complexity index is 866. The fourth-order valence-electron chi connectivity index (χ4n) is 2.89. The van der Waals surface area contributed by atoms with E-state index in [-0.39, 0.29) is 16.6 Å². The van der Waals surface area contributed by atoms with Crippen molar-refractivity contribution in [3.05, 3.63) is 62.1 Å². The lowest BCUT2D eigenvalue weighted by molar-refractivity contribution is -0.384. The van der Waals surface area contributed by atoms with Gasteiger partial charge in [0, 0.05) is 42.8 Å². The van der Waals surface area contributed by atoms with E-state index in [0.717, 1.165) is 13.1 Å². The lowest BCUT2D eigenvalue weighted by atomic mass is 10.1. The van der Waals surface area contributed by atoms with Crippen LogP contribution in [0.2, 0.25) is 10.0 Å². The lowest BCUT2D eigenvalue weighted by Crippen LogP contribution is -2.44. The zero-order valence-electron chi connectivity index (χ0n) is 14.6. The van der Waals surface area contributed by atoms with Crippen molar-refractivity contribution in [3.8, 4) is 0 Å². The monoisotopic (exact) mass is 408 g/mol. The third kappa shape index (κ3) is 4.50. The third-order valence-corrected chi connectivity index (χ3v) is 5.02. The molecule has 2 aromatic carbocycles. The zero-order valence-corrected chi connectivity index (χ0v) is 16.1. The molecule has 0 saturated carbocycles. The summed E-state index contributed by atoms with van der Waals surface area (Å²) < 4.78 is 0. The number of nitro benzene ring substituents is 1. The maximum absolute atomic E-state index is 12.5. The smallest absolute Gasteiger partial charge is 0.294 e. The molecule has 0 bridgehead atoms. The van der Waals surface area contributed by atoms with Gasteiger partial charge in [-0.05, 0) is 37.4 Å². The number of carbonyl (C=O) groups is 1. The van der Waals surface area contributed by atoms with E-state index in [1.807, 2.05) is 11.9 Å². The minimum Gasteiger partial charge on any atom is -0.363 e. The van der Waals surface area contributed by atoms with Crippen molar-refractivity contribution in [2.75, 3.05) is 43.4 Å². The normalized spacial score (nSPS) is 14.9. The molecule has 27 heavy (non-hydrogen) atoms. The van der Waals surface area contributed by atoms with E-state index < -0.39 is 4.92 Å². The summed E-state index contributed by atoms with van der Waals surface area (Å²) in [6.07, 6.45) is 0. The van der Waals surface area contributed by atoms with Gasteiger partial charge in [0.25, 0.3) is 11.6 Å². The van der Waals surface area contributed by atoms with E-state index in [1.54, 1.807) is 30.3 Å². The van der Waals surface area contributed by atoms with Crippen LogP contribution in [0, 0.1) is 10.1 Å². The summed E-state index contributed by atoms with van der Waals surface area (Å²) >= 11 is 12.0. The molecular formula is C18H18Cl2N4O3. The highest BCUT2D eigenvalue weighted by Crippen LogP contribution is 2.37. The number of nitrogens with one attached hydrogen (secondary N) is 1. The second-order valence-corrected chi connectivity index (χ2v) is 7.17. The molecular weight excluding hydrogens is 391 g/mol. The first-order valence-corrected chi connectivity index (χ1v) is 9.09. The minimum absolute atomic E-state index is 0.0750. The van der Waals surface area contributed by atoms with Crippen molar-refractivity contribution >= 4 is 46.2 Å². The molecule has 0 atom stereocenters. The Kier molecular flexibility index (Phi) is 5.84. The van der Waals surface area contributed by atoms with Crippen molar-refractivity contribution in [2.24, 2.45) is 0 Å². The zero-order chi connectivity index (χ0) is 19.6. The Morgan fingerprint density at radius 3 is 2.33 bits per heavy atom. The summed E-state index contributed by atoms with van der Waals surface area (Å²) in [5.74, 6) is -0.369. The van der Waals surface area contributed by atoms with Crippen molar-refractivity contribution in [1.82, 2.24) is 4.90 Å². The van der Waals surface area contributed by atoms with E-state index in [2.05, 4.69) is 10.2 Å². The Balaban J connectivity index is 1.91. The molecule has 0 radical (unpaired) electrons. The molecule has 3 rings (SSSR count). The molecule has 1 N–H and O–H groups in total. The van der Waals surface area contributed by atoms with Crippen molar-refractivity contribution in [3.63, 3.8) is 0 Å². The van der Waals surface area contributed by atoms with Crippen LogP contribution in [0.15, 0.2) is 36.4 Å². The standard InChI is InChI=1S/C18H18Cl2N4O3/c1-22-6-8-23(9-7-22)16-11-15(14(20)10-17(16)24(26)27)21-18(25)12-2-4-13(19)5-3-12/h2-5,10-11H,6-9H2,1H3,(H,21,25). The largest absolute Gasteiger partial charge is 0.363 e. The second kappa shape index (κ2) is 8.12. The molecule has 1 heterocycles. The quantitative estimate of drug-likeness (QED) is 0.612. The number of hydrogen-bond donors (Lipinski definition) is 1. The highest BCUT2D eigenvalue weighted by Gasteiger charge is 2.25. The Hall–Kier alpha value is -2.35. The first-order chi connectivity index (χ1) is 12.8. The van der Waals surface area contributed by atoms with Gasteiger partial charge in [-0.2, -0.15) is 0 Å². The van der Waals surface area contributed by atoms with E-state index in [9.17, 15) is 14.9 Å². The van der Waals surface area contributed by atoms with Gasteiger partial charge in [-0.25, -0.2) is 0 Å². The van der Waals surface area contributed by atoms with Gasteiger partial charge in [0.2, 0.25) is 0 Å². The van der Waals surface area contributed by atoms with Gasteiger partial charge in [-0.1, -0.05) is 23.2 Å². The molecule has 0 aliphatic carbocycles. The van der Waals surface area contributed by atoms with E-state index in [4.69, 9.17) is 23.2 Å². The first-order valence-electron chi connectivity index (χ1n) is 8.33. The second-order valence-electron chi connectivity index (χ2n) is 6.33. The molecule has 0 unspecified atom stereocenters. The number of amides is 1. The summed E-state index contributed by atoms with van der Waals surface area (Å²) in [5.41, 5.74) is 1.11. The Morgan fingerprint density at radius 2 is 1.74 bits per heavy atom. The van der Waals surface area contributed by atoms with Gasteiger partial charge < -0.3 is 15.1 Å². The topological polar surface area (TPSA) is 78.7 Å². The van der Waals surface area contributed by atoms with Crippen LogP contribution in [-0.4, -0.2) is 49.0 Å². The fraction of sp³-hybridized carbons (Fsp3) is 0.278. The summed E-state index contributed by atoms with van der Waals surface area (Å²) in [4.78, 5) is 27.6. The minimum atomic E-state index is -0.454. The van der Waals surface area contributed by atoms with Gasteiger partial charge in [-0.15, -0.1) is 0 Å². The number of halogens is 2. The Labute approximate surface area is 166 Å². The molecule has 0 spiro atoms. The summed E-state index contributed by atoms with van der Waals surface area (Å²) in [6.45, 7) is 2.91. The van der Waals surface area contributed by atoms with Crippen LogP contribution in [-0.2, 0) is 0 Å². The molecule has 0 aromatic heterocycles. The summed E-state index contributed by atoms with van der Waals surface area (Å²) in [6, 6.07) is 9.27. The number of anilines is 2. The predicted molar refractivity (Wildman–Crippen MR) is 107 cm³/mol.